The molecule has 1 aromatic rings. The third kappa shape index (κ3) is 3.88. The number of benzene rings is 1. The van der Waals surface area contributed by atoms with E-state index in [4.69, 9.17) is 4.74 Å². The average molecular weight is 292 g/mol. The summed E-state index contributed by atoms with van der Waals surface area (Å²) < 4.78 is 5.11. The van der Waals surface area contributed by atoms with Gasteiger partial charge in [-0.1, -0.05) is 6.07 Å². The summed E-state index contributed by atoms with van der Waals surface area (Å²) in [4.78, 5) is 13.4. The van der Waals surface area contributed by atoms with Crippen LogP contribution in [0.15, 0.2) is 18.2 Å². The Morgan fingerprint density at radius 1 is 1.43 bits per heavy atom. The zero-order valence-corrected chi connectivity index (χ0v) is 12.9. The predicted octanol–water partition coefficient (Wildman–Crippen LogP) is 2.06. The first-order valence-electron chi connectivity index (χ1n) is 7.39. The third-order valence-electron chi connectivity index (χ3n) is 4.17. The molecule has 2 N–H and O–H groups in total. The second-order valence-corrected chi connectivity index (χ2v) is 5.61. The smallest absolute Gasteiger partial charge is 0.217 e. The number of nitrogens with zero attached hydrogens (tertiary/aromatic N) is 1. The quantitative estimate of drug-likeness (QED) is 0.892. The van der Waals surface area contributed by atoms with Gasteiger partial charge in [0, 0.05) is 43.7 Å². The molecule has 2 rings (SSSR count). The highest BCUT2D eigenvalue weighted by molar-refractivity contribution is 5.73. The Labute approximate surface area is 125 Å². The highest BCUT2D eigenvalue weighted by Crippen LogP contribution is 2.32. The zero-order chi connectivity index (χ0) is 15.4. The topological polar surface area (TPSA) is 61.8 Å². The molecule has 0 radical (unpaired) electrons. The molecule has 0 aromatic heterocycles. The molecule has 1 fully saturated rings. The van der Waals surface area contributed by atoms with Crippen LogP contribution in [0.1, 0.15) is 38.3 Å². The molecule has 1 heterocycles. The van der Waals surface area contributed by atoms with Crippen LogP contribution < -0.4 is 10.1 Å². The molecule has 1 amide bonds. The van der Waals surface area contributed by atoms with E-state index in [1.54, 1.807) is 20.1 Å². The van der Waals surface area contributed by atoms with Gasteiger partial charge in [-0.15, -0.1) is 0 Å². The number of nitrogens with one attached hydrogen (secondary N) is 1. The Balaban J connectivity index is 1.98. The van der Waals surface area contributed by atoms with Crippen molar-refractivity contribution in [2.75, 3.05) is 20.2 Å². The van der Waals surface area contributed by atoms with E-state index in [2.05, 4.69) is 17.1 Å². The number of ether oxygens (including phenoxy) is 1. The van der Waals surface area contributed by atoms with E-state index in [9.17, 15) is 9.90 Å². The molecule has 116 valence electrons. The number of carbonyl (C=O) groups is 1. The van der Waals surface area contributed by atoms with Gasteiger partial charge in [0.25, 0.3) is 0 Å². The number of rotatable bonds is 4. The molecule has 1 saturated heterocycles. The van der Waals surface area contributed by atoms with Gasteiger partial charge in [0.15, 0.2) is 0 Å². The Morgan fingerprint density at radius 2 is 2.10 bits per heavy atom. The molecular formula is C16H24N2O3. The van der Waals surface area contributed by atoms with E-state index in [0.29, 0.717) is 5.75 Å². The molecule has 1 atom stereocenters. The summed E-state index contributed by atoms with van der Waals surface area (Å²) in [5.74, 6) is 0.966. The van der Waals surface area contributed by atoms with Crippen LogP contribution >= 0.6 is 0 Å². The van der Waals surface area contributed by atoms with Crippen LogP contribution in [0.4, 0.5) is 0 Å². The van der Waals surface area contributed by atoms with Crippen LogP contribution in [-0.2, 0) is 4.79 Å². The maximum absolute atomic E-state index is 11.1. The molecule has 5 heteroatoms. The fourth-order valence-electron chi connectivity index (χ4n) is 2.92. The first-order valence-corrected chi connectivity index (χ1v) is 7.39. The van der Waals surface area contributed by atoms with Crippen LogP contribution in [0.5, 0.6) is 11.5 Å². The molecule has 1 aliphatic heterocycles. The van der Waals surface area contributed by atoms with Crippen molar-refractivity contribution >= 4 is 5.91 Å². The number of phenolic OH excluding ortho intramolecular Hbond substituents is 1. The summed E-state index contributed by atoms with van der Waals surface area (Å²) in [5, 5.41) is 13.1. The number of piperidine rings is 1. The summed E-state index contributed by atoms with van der Waals surface area (Å²) in [5.41, 5.74) is 0.911. The third-order valence-corrected chi connectivity index (χ3v) is 4.17. The van der Waals surface area contributed by atoms with E-state index >= 15 is 0 Å². The number of likely N-dealkylation sites (tertiary alicyclic amines) is 1. The van der Waals surface area contributed by atoms with Crippen molar-refractivity contribution in [2.24, 2.45) is 0 Å². The minimum Gasteiger partial charge on any atom is -0.507 e. The maximum atomic E-state index is 11.1. The van der Waals surface area contributed by atoms with Crippen LogP contribution in [0.2, 0.25) is 0 Å². The van der Waals surface area contributed by atoms with Gasteiger partial charge in [-0.2, -0.15) is 0 Å². The fraction of sp³-hybridized carbons (Fsp3) is 0.562. The standard InChI is InChI=1S/C16H24N2O3/c1-11(15-5-4-14(21-3)10-16(15)20)18-8-6-13(7-9-18)17-12(2)19/h4-5,10-11,13,20H,6-9H2,1-3H3,(H,17,19). The van der Waals surface area contributed by atoms with E-state index < -0.39 is 0 Å². The minimum atomic E-state index is 0.0364. The van der Waals surface area contributed by atoms with Crippen molar-refractivity contribution in [3.8, 4) is 11.5 Å². The Bertz CT molecular complexity index is 496. The van der Waals surface area contributed by atoms with Gasteiger partial charge >= 0.3 is 0 Å². The average Bonchev–Trinajstić information content (AvgIpc) is 2.46. The van der Waals surface area contributed by atoms with Crippen molar-refractivity contribution in [2.45, 2.75) is 38.8 Å². The highest BCUT2D eigenvalue weighted by atomic mass is 16.5. The van der Waals surface area contributed by atoms with Crippen molar-refractivity contribution < 1.29 is 14.6 Å². The monoisotopic (exact) mass is 292 g/mol. The number of aromatic hydroxyl groups is 1. The zero-order valence-electron chi connectivity index (χ0n) is 12.9. The normalized spacial score (nSPS) is 18.2. The first kappa shape index (κ1) is 15.6. The first-order chi connectivity index (χ1) is 10.0. The molecular weight excluding hydrogens is 268 g/mol. The van der Waals surface area contributed by atoms with Gasteiger partial charge in [-0.3, -0.25) is 9.69 Å². The van der Waals surface area contributed by atoms with E-state index in [1.807, 2.05) is 12.1 Å². The van der Waals surface area contributed by atoms with Gasteiger partial charge in [-0.05, 0) is 25.8 Å². The highest BCUT2D eigenvalue weighted by Gasteiger charge is 2.25. The number of phenols is 1. The Hall–Kier alpha value is -1.75. The van der Waals surface area contributed by atoms with Crippen LogP contribution in [-0.4, -0.2) is 42.2 Å². The molecule has 1 aliphatic rings. The van der Waals surface area contributed by atoms with Gasteiger partial charge in [0.2, 0.25) is 5.91 Å². The summed E-state index contributed by atoms with van der Waals surface area (Å²) in [6, 6.07) is 5.86. The van der Waals surface area contributed by atoms with Crippen LogP contribution in [0, 0.1) is 0 Å². The summed E-state index contributed by atoms with van der Waals surface area (Å²) in [6.07, 6.45) is 1.89. The lowest BCUT2D eigenvalue weighted by Gasteiger charge is -2.36. The van der Waals surface area contributed by atoms with E-state index in [0.717, 1.165) is 31.5 Å². The van der Waals surface area contributed by atoms with Crippen molar-refractivity contribution in [1.29, 1.82) is 0 Å². The number of hydrogen-bond acceptors (Lipinski definition) is 4. The number of hydrogen-bond donors (Lipinski definition) is 2. The number of methoxy groups -OCH3 is 1. The van der Waals surface area contributed by atoms with Gasteiger partial charge in [0.1, 0.15) is 11.5 Å². The molecule has 0 spiro atoms. The minimum absolute atomic E-state index is 0.0364. The van der Waals surface area contributed by atoms with Crippen molar-refractivity contribution in [1.82, 2.24) is 10.2 Å². The second-order valence-electron chi connectivity index (χ2n) is 5.61. The van der Waals surface area contributed by atoms with Crippen LogP contribution in [0.3, 0.4) is 0 Å². The fourth-order valence-corrected chi connectivity index (χ4v) is 2.92. The van der Waals surface area contributed by atoms with Crippen molar-refractivity contribution in [3.63, 3.8) is 0 Å². The molecule has 1 aromatic carbocycles. The van der Waals surface area contributed by atoms with Gasteiger partial charge in [0.05, 0.1) is 7.11 Å². The molecule has 21 heavy (non-hydrogen) atoms. The van der Waals surface area contributed by atoms with Crippen molar-refractivity contribution in [3.05, 3.63) is 23.8 Å². The van der Waals surface area contributed by atoms with E-state index in [-0.39, 0.29) is 23.7 Å². The lowest BCUT2D eigenvalue weighted by atomic mass is 9.99. The summed E-state index contributed by atoms with van der Waals surface area (Å²) in [6.45, 7) is 5.49. The number of amides is 1. The molecule has 0 bridgehead atoms. The summed E-state index contributed by atoms with van der Waals surface area (Å²) in [7, 11) is 1.59. The molecule has 0 aliphatic carbocycles. The lowest BCUT2D eigenvalue weighted by molar-refractivity contribution is -0.120. The van der Waals surface area contributed by atoms with Crippen LogP contribution in [0.25, 0.3) is 0 Å². The largest absolute Gasteiger partial charge is 0.507 e. The van der Waals surface area contributed by atoms with Gasteiger partial charge in [-0.25, -0.2) is 0 Å². The number of carbonyl (C=O) groups excluding carboxylic acids is 1. The molecule has 1 unspecified atom stereocenters. The summed E-state index contributed by atoms with van der Waals surface area (Å²) >= 11 is 0. The maximum Gasteiger partial charge on any atom is 0.217 e. The Kier molecular flexibility index (Phi) is 5.07. The van der Waals surface area contributed by atoms with Gasteiger partial charge < -0.3 is 15.2 Å². The Morgan fingerprint density at radius 3 is 2.62 bits per heavy atom. The molecule has 0 saturated carbocycles. The van der Waals surface area contributed by atoms with E-state index in [1.165, 1.54) is 0 Å². The second kappa shape index (κ2) is 6.80. The SMILES string of the molecule is COc1ccc(C(C)N2CCC(NC(C)=O)CC2)c(O)c1. The predicted molar refractivity (Wildman–Crippen MR) is 81.5 cm³/mol. The molecule has 5 nitrogen and oxygen atoms in total. The lowest BCUT2D eigenvalue weighted by Crippen LogP contribution is -2.44.